The van der Waals surface area contributed by atoms with E-state index in [0.29, 0.717) is 22.9 Å². The van der Waals surface area contributed by atoms with E-state index in [4.69, 9.17) is 9.47 Å². The lowest BCUT2D eigenvalue weighted by atomic mass is 10.2. The zero-order chi connectivity index (χ0) is 16.4. The molecule has 0 radical (unpaired) electrons. The first-order valence-electron chi connectivity index (χ1n) is 7.10. The number of nitrogens with zero attached hydrogens (tertiary/aromatic N) is 2. The highest BCUT2D eigenvalue weighted by Crippen LogP contribution is 2.29. The van der Waals surface area contributed by atoms with Gasteiger partial charge in [0.05, 0.1) is 19.9 Å². The van der Waals surface area contributed by atoms with E-state index in [0.717, 1.165) is 11.3 Å². The second-order valence-corrected chi connectivity index (χ2v) is 5.04. The summed E-state index contributed by atoms with van der Waals surface area (Å²) in [5.74, 6) is 0.880. The smallest absolute Gasteiger partial charge is 0.275 e. The Bertz CT molecular complexity index is 871. The van der Waals surface area contributed by atoms with Crippen molar-refractivity contribution in [2.45, 2.75) is 6.92 Å². The largest absolute Gasteiger partial charge is 0.497 e. The first-order valence-corrected chi connectivity index (χ1v) is 7.10. The van der Waals surface area contributed by atoms with E-state index in [-0.39, 0.29) is 5.91 Å². The number of ether oxygens (including phenoxy) is 2. The van der Waals surface area contributed by atoms with Crippen LogP contribution in [0.25, 0.3) is 5.65 Å². The Morgan fingerprint density at radius 3 is 2.70 bits per heavy atom. The van der Waals surface area contributed by atoms with Crippen molar-refractivity contribution in [1.29, 1.82) is 0 Å². The van der Waals surface area contributed by atoms with Crippen LogP contribution < -0.4 is 14.8 Å². The van der Waals surface area contributed by atoms with Crippen molar-refractivity contribution in [3.05, 3.63) is 54.0 Å². The van der Waals surface area contributed by atoms with E-state index in [1.54, 1.807) is 38.6 Å². The highest BCUT2D eigenvalue weighted by Gasteiger charge is 2.14. The SMILES string of the molecule is COc1ccc(OC)c(NC(=O)c2cn3c(C)cccc3n2)c1. The molecule has 23 heavy (non-hydrogen) atoms. The first-order chi connectivity index (χ1) is 11.1. The van der Waals surface area contributed by atoms with Gasteiger partial charge in [-0.15, -0.1) is 0 Å². The molecular formula is C17H17N3O3. The summed E-state index contributed by atoms with van der Waals surface area (Å²) in [5, 5.41) is 2.81. The van der Waals surface area contributed by atoms with Crippen LogP contribution in [0.1, 0.15) is 16.2 Å². The van der Waals surface area contributed by atoms with Crippen LogP contribution >= 0.6 is 0 Å². The third kappa shape index (κ3) is 2.83. The second-order valence-electron chi connectivity index (χ2n) is 5.04. The van der Waals surface area contributed by atoms with Crippen LogP contribution in [0.15, 0.2) is 42.6 Å². The van der Waals surface area contributed by atoms with Crippen molar-refractivity contribution in [2.24, 2.45) is 0 Å². The minimum atomic E-state index is -0.306. The minimum Gasteiger partial charge on any atom is -0.497 e. The van der Waals surface area contributed by atoms with E-state index in [1.165, 1.54) is 0 Å². The number of fused-ring (bicyclic) bond motifs is 1. The van der Waals surface area contributed by atoms with Gasteiger partial charge in [0.2, 0.25) is 0 Å². The molecule has 0 fully saturated rings. The number of aryl methyl sites for hydroxylation is 1. The Morgan fingerprint density at radius 1 is 1.17 bits per heavy atom. The van der Waals surface area contributed by atoms with Crippen molar-refractivity contribution < 1.29 is 14.3 Å². The average molecular weight is 311 g/mol. The quantitative estimate of drug-likeness (QED) is 0.804. The molecule has 2 aromatic heterocycles. The molecule has 0 saturated carbocycles. The number of nitrogens with one attached hydrogen (secondary N) is 1. The first kappa shape index (κ1) is 14.9. The number of imidazole rings is 1. The lowest BCUT2D eigenvalue weighted by molar-refractivity contribution is 0.102. The molecule has 1 amide bonds. The fourth-order valence-electron chi connectivity index (χ4n) is 2.36. The minimum absolute atomic E-state index is 0.306. The maximum Gasteiger partial charge on any atom is 0.275 e. The molecule has 6 heteroatoms. The van der Waals surface area contributed by atoms with Gasteiger partial charge in [-0.3, -0.25) is 4.79 Å². The third-order valence-corrected chi connectivity index (χ3v) is 3.58. The molecule has 0 aliphatic rings. The normalized spacial score (nSPS) is 10.6. The van der Waals surface area contributed by atoms with Crippen LogP contribution in [0.4, 0.5) is 5.69 Å². The van der Waals surface area contributed by atoms with Gasteiger partial charge in [-0.25, -0.2) is 4.98 Å². The van der Waals surface area contributed by atoms with E-state index in [1.807, 2.05) is 29.5 Å². The zero-order valence-electron chi connectivity index (χ0n) is 13.2. The number of amides is 1. The van der Waals surface area contributed by atoms with Gasteiger partial charge in [0.1, 0.15) is 22.8 Å². The van der Waals surface area contributed by atoms with Gasteiger partial charge < -0.3 is 19.2 Å². The summed E-state index contributed by atoms with van der Waals surface area (Å²) in [6.45, 7) is 1.96. The predicted molar refractivity (Wildman–Crippen MR) is 87.4 cm³/mol. The summed E-state index contributed by atoms with van der Waals surface area (Å²) in [7, 11) is 3.12. The lowest BCUT2D eigenvalue weighted by Gasteiger charge is -2.10. The second kappa shape index (κ2) is 6.00. The molecule has 0 bridgehead atoms. The number of benzene rings is 1. The van der Waals surface area contributed by atoms with Gasteiger partial charge in [0.25, 0.3) is 5.91 Å². The van der Waals surface area contributed by atoms with Gasteiger partial charge in [0, 0.05) is 18.0 Å². The maximum atomic E-state index is 12.5. The average Bonchev–Trinajstić information content (AvgIpc) is 3.00. The summed E-state index contributed by atoms with van der Waals surface area (Å²) in [5.41, 5.74) is 2.61. The number of anilines is 1. The molecule has 0 saturated heterocycles. The number of hydrogen-bond acceptors (Lipinski definition) is 4. The Balaban J connectivity index is 1.93. The number of carbonyl (C=O) groups is 1. The predicted octanol–water partition coefficient (Wildman–Crippen LogP) is 2.91. The van der Waals surface area contributed by atoms with Crippen LogP contribution in [-0.2, 0) is 0 Å². The molecule has 0 unspecified atom stereocenters. The van der Waals surface area contributed by atoms with Gasteiger partial charge in [0.15, 0.2) is 0 Å². The fraction of sp³-hybridized carbons (Fsp3) is 0.176. The number of methoxy groups -OCH3 is 2. The van der Waals surface area contributed by atoms with Gasteiger partial charge in [-0.2, -0.15) is 0 Å². The number of rotatable bonds is 4. The Morgan fingerprint density at radius 2 is 2.00 bits per heavy atom. The van der Waals surface area contributed by atoms with Crippen molar-refractivity contribution in [2.75, 3.05) is 19.5 Å². The van der Waals surface area contributed by atoms with Gasteiger partial charge >= 0.3 is 0 Å². The highest BCUT2D eigenvalue weighted by molar-refractivity contribution is 6.04. The molecule has 1 N–H and O–H groups in total. The maximum absolute atomic E-state index is 12.5. The Hall–Kier alpha value is -3.02. The summed E-state index contributed by atoms with van der Waals surface area (Å²) in [6, 6.07) is 10.9. The van der Waals surface area contributed by atoms with Crippen LogP contribution in [0.5, 0.6) is 11.5 Å². The van der Waals surface area contributed by atoms with Crippen LogP contribution in [0, 0.1) is 6.92 Å². The number of aromatic nitrogens is 2. The molecule has 3 aromatic rings. The summed E-state index contributed by atoms with van der Waals surface area (Å²) in [6.07, 6.45) is 1.71. The fourth-order valence-corrected chi connectivity index (χ4v) is 2.36. The topological polar surface area (TPSA) is 64.9 Å². The van der Waals surface area contributed by atoms with Crippen LogP contribution in [0.2, 0.25) is 0 Å². The molecule has 3 rings (SSSR count). The van der Waals surface area contributed by atoms with Crippen molar-refractivity contribution >= 4 is 17.2 Å². The lowest BCUT2D eigenvalue weighted by Crippen LogP contribution is -2.13. The van der Waals surface area contributed by atoms with Crippen molar-refractivity contribution in [1.82, 2.24) is 9.38 Å². The summed E-state index contributed by atoms with van der Waals surface area (Å²) in [4.78, 5) is 16.8. The Kier molecular flexibility index (Phi) is 3.89. The van der Waals surface area contributed by atoms with Crippen LogP contribution in [0.3, 0.4) is 0 Å². The molecule has 6 nitrogen and oxygen atoms in total. The summed E-state index contributed by atoms with van der Waals surface area (Å²) >= 11 is 0. The van der Waals surface area contributed by atoms with Gasteiger partial charge in [-0.1, -0.05) is 6.07 Å². The van der Waals surface area contributed by atoms with E-state index in [2.05, 4.69) is 10.3 Å². The monoisotopic (exact) mass is 311 g/mol. The van der Waals surface area contributed by atoms with E-state index in [9.17, 15) is 4.79 Å². The number of carbonyl (C=O) groups excluding carboxylic acids is 1. The molecule has 118 valence electrons. The molecule has 0 aliphatic carbocycles. The molecule has 0 atom stereocenters. The molecule has 1 aromatic carbocycles. The summed E-state index contributed by atoms with van der Waals surface area (Å²) < 4.78 is 12.3. The van der Waals surface area contributed by atoms with Crippen molar-refractivity contribution in [3.63, 3.8) is 0 Å². The highest BCUT2D eigenvalue weighted by atomic mass is 16.5. The standard InChI is InChI=1S/C17H17N3O3/c1-11-5-4-6-16-18-14(10-20(11)16)17(21)19-13-9-12(22-2)7-8-15(13)23-3/h4-10H,1-3H3,(H,19,21). The van der Waals surface area contributed by atoms with E-state index >= 15 is 0 Å². The number of hydrogen-bond donors (Lipinski definition) is 1. The molecule has 0 spiro atoms. The molecular weight excluding hydrogens is 294 g/mol. The third-order valence-electron chi connectivity index (χ3n) is 3.58. The van der Waals surface area contributed by atoms with Crippen LogP contribution in [-0.4, -0.2) is 29.5 Å². The Labute approximate surface area is 133 Å². The number of pyridine rings is 1. The van der Waals surface area contributed by atoms with E-state index < -0.39 is 0 Å². The molecule has 0 aliphatic heterocycles. The van der Waals surface area contributed by atoms with Crippen molar-refractivity contribution in [3.8, 4) is 11.5 Å². The zero-order valence-corrected chi connectivity index (χ0v) is 13.2. The van der Waals surface area contributed by atoms with Gasteiger partial charge in [-0.05, 0) is 31.2 Å². The molecule has 2 heterocycles.